The molecule has 1 saturated carbocycles. The third-order valence-corrected chi connectivity index (χ3v) is 8.53. The van der Waals surface area contributed by atoms with Crippen molar-refractivity contribution >= 4 is 34.7 Å². The van der Waals surface area contributed by atoms with Gasteiger partial charge in [-0.1, -0.05) is 19.3 Å². The largest absolute Gasteiger partial charge is 0.331 e. The molecule has 3 aliphatic rings. The Morgan fingerprint density at radius 3 is 2.83 bits per heavy atom. The second-order valence-corrected chi connectivity index (χ2v) is 11.1. The summed E-state index contributed by atoms with van der Waals surface area (Å²) in [6, 6.07) is 1.96. The number of H-pyrrole nitrogens is 1. The summed E-state index contributed by atoms with van der Waals surface area (Å²) in [5.74, 6) is 3.13. The van der Waals surface area contributed by atoms with E-state index in [2.05, 4.69) is 31.5 Å². The van der Waals surface area contributed by atoms with Gasteiger partial charge in [0.05, 0.1) is 23.2 Å². The number of piperidine rings is 1. The van der Waals surface area contributed by atoms with E-state index in [0.29, 0.717) is 18.3 Å². The molecule has 2 aliphatic carbocycles. The molecule has 2 fully saturated rings. The Kier molecular flexibility index (Phi) is 6.50. The van der Waals surface area contributed by atoms with Gasteiger partial charge in [0.15, 0.2) is 11.6 Å². The molecule has 0 spiro atoms. The maximum Gasteiger partial charge on any atom is 0.228 e. The molecule has 2 N–H and O–H groups in total. The minimum absolute atomic E-state index is 0.191. The van der Waals surface area contributed by atoms with Crippen LogP contribution in [-0.2, 0) is 24.1 Å². The van der Waals surface area contributed by atoms with Crippen molar-refractivity contribution in [3.8, 4) is 0 Å². The van der Waals surface area contributed by atoms with Crippen LogP contribution in [0.1, 0.15) is 85.7 Å². The Hall–Kier alpha value is -2.81. The fourth-order valence-electron chi connectivity index (χ4n) is 5.91. The molecule has 0 bridgehead atoms. The van der Waals surface area contributed by atoms with Crippen LogP contribution in [0.3, 0.4) is 0 Å². The molecule has 0 amide bonds. The molecule has 3 aromatic rings. The SMILES string of the molecule is O=C(Cc1nccs1)C1CCCCN1c1nc2c(c(Nc3cc(C4CCCCC4)[nH]n3)n1)CCC2. The van der Waals surface area contributed by atoms with Crippen LogP contribution < -0.4 is 10.2 Å². The van der Waals surface area contributed by atoms with Crippen LogP contribution in [0.15, 0.2) is 17.6 Å². The number of nitrogens with one attached hydrogen (secondary N) is 2. The van der Waals surface area contributed by atoms with Crippen molar-refractivity contribution in [1.82, 2.24) is 25.1 Å². The molecular formula is C26H33N7OS. The molecule has 184 valence electrons. The van der Waals surface area contributed by atoms with Crippen molar-refractivity contribution in [3.63, 3.8) is 0 Å². The molecular weight excluding hydrogens is 458 g/mol. The topological polar surface area (TPSA) is 99.7 Å². The summed E-state index contributed by atoms with van der Waals surface area (Å²) in [7, 11) is 0. The fraction of sp³-hybridized carbons (Fsp3) is 0.577. The van der Waals surface area contributed by atoms with Crippen molar-refractivity contribution in [2.45, 2.75) is 89.0 Å². The number of fused-ring (bicyclic) bond motifs is 1. The zero-order valence-corrected chi connectivity index (χ0v) is 20.9. The molecule has 9 heteroatoms. The van der Waals surface area contributed by atoms with Crippen LogP contribution in [0.4, 0.5) is 17.6 Å². The van der Waals surface area contributed by atoms with Gasteiger partial charge in [-0.3, -0.25) is 9.89 Å². The van der Waals surface area contributed by atoms with Gasteiger partial charge in [0.25, 0.3) is 0 Å². The Morgan fingerprint density at radius 1 is 1.09 bits per heavy atom. The van der Waals surface area contributed by atoms with Gasteiger partial charge in [0, 0.05) is 41.4 Å². The number of carbonyl (C=O) groups excluding carboxylic acids is 1. The minimum Gasteiger partial charge on any atom is -0.331 e. The number of aromatic amines is 1. The van der Waals surface area contributed by atoms with E-state index >= 15 is 0 Å². The van der Waals surface area contributed by atoms with E-state index in [4.69, 9.17) is 9.97 Å². The van der Waals surface area contributed by atoms with E-state index in [1.165, 1.54) is 43.4 Å². The highest BCUT2D eigenvalue weighted by molar-refractivity contribution is 7.09. The highest BCUT2D eigenvalue weighted by atomic mass is 32.1. The van der Waals surface area contributed by atoms with Gasteiger partial charge < -0.3 is 10.2 Å². The first kappa shape index (κ1) is 22.6. The van der Waals surface area contributed by atoms with Gasteiger partial charge >= 0.3 is 0 Å². The van der Waals surface area contributed by atoms with Crippen molar-refractivity contribution < 1.29 is 4.79 Å². The molecule has 35 heavy (non-hydrogen) atoms. The first-order valence-electron chi connectivity index (χ1n) is 13.1. The first-order chi connectivity index (χ1) is 17.2. The second kappa shape index (κ2) is 10.0. The molecule has 8 nitrogen and oxygen atoms in total. The summed E-state index contributed by atoms with van der Waals surface area (Å²) in [5, 5.41) is 14.2. The van der Waals surface area contributed by atoms with Crippen molar-refractivity contribution in [3.05, 3.63) is 39.6 Å². The predicted octanol–water partition coefficient (Wildman–Crippen LogP) is 5.11. The number of hydrogen-bond donors (Lipinski definition) is 2. The summed E-state index contributed by atoms with van der Waals surface area (Å²) in [6.45, 7) is 0.806. The molecule has 0 aromatic carbocycles. The fourth-order valence-corrected chi connectivity index (χ4v) is 6.53. The minimum atomic E-state index is -0.191. The number of nitrogens with zero attached hydrogens (tertiary/aromatic N) is 5. The van der Waals surface area contributed by atoms with E-state index in [9.17, 15) is 4.79 Å². The predicted molar refractivity (Wildman–Crippen MR) is 138 cm³/mol. The lowest BCUT2D eigenvalue weighted by molar-refractivity contribution is -0.120. The van der Waals surface area contributed by atoms with Crippen molar-refractivity contribution in [2.24, 2.45) is 0 Å². The van der Waals surface area contributed by atoms with Gasteiger partial charge in [-0.05, 0) is 51.4 Å². The number of hydrogen-bond acceptors (Lipinski definition) is 8. The zero-order chi connectivity index (χ0) is 23.6. The molecule has 3 aromatic heterocycles. The lowest BCUT2D eigenvalue weighted by atomic mass is 9.87. The number of anilines is 3. The summed E-state index contributed by atoms with van der Waals surface area (Å²) in [5.41, 5.74) is 3.53. The molecule has 1 saturated heterocycles. The quantitative estimate of drug-likeness (QED) is 0.474. The van der Waals surface area contributed by atoms with Gasteiger partial charge in [-0.2, -0.15) is 10.1 Å². The molecule has 4 heterocycles. The maximum absolute atomic E-state index is 13.3. The van der Waals surface area contributed by atoms with Crippen LogP contribution in [0.2, 0.25) is 0 Å². The molecule has 1 aliphatic heterocycles. The number of thiazole rings is 1. The van der Waals surface area contributed by atoms with Crippen LogP contribution in [0.5, 0.6) is 0 Å². The third kappa shape index (κ3) is 4.83. The third-order valence-electron chi connectivity index (χ3n) is 7.75. The molecule has 6 rings (SSSR count). The number of aryl methyl sites for hydroxylation is 1. The highest BCUT2D eigenvalue weighted by Gasteiger charge is 2.32. The van der Waals surface area contributed by atoms with Crippen LogP contribution in [0.25, 0.3) is 0 Å². The van der Waals surface area contributed by atoms with Gasteiger partial charge in [-0.15, -0.1) is 11.3 Å². The highest BCUT2D eigenvalue weighted by Crippen LogP contribution is 2.35. The maximum atomic E-state index is 13.3. The standard InChI is InChI=1S/C26H33N7OS/c34-22(16-24-27-12-14-35-24)21-11-4-5-13-33(21)26-28-19-10-6-9-18(19)25(30-26)29-23-15-20(31-32-23)17-7-2-1-3-8-17/h12,14-15,17,21H,1-11,13,16H2,(H2,28,29,30,31,32). The lowest BCUT2D eigenvalue weighted by Crippen LogP contribution is -2.46. The smallest absolute Gasteiger partial charge is 0.228 e. The van der Waals surface area contributed by atoms with Crippen LogP contribution in [0, 0.1) is 0 Å². The van der Waals surface area contributed by atoms with Gasteiger partial charge in [0.1, 0.15) is 5.82 Å². The summed E-state index contributed by atoms with van der Waals surface area (Å²) in [6.07, 6.45) is 14.5. The van der Waals surface area contributed by atoms with E-state index in [0.717, 1.165) is 67.4 Å². The Balaban J connectivity index is 1.26. The number of ketones is 1. The summed E-state index contributed by atoms with van der Waals surface area (Å²) in [4.78, 5) is 29.7. The summed E-state index contributed by atoms with van der Waals surface area (Å²) >= 11 is 1.54. The van der Waals surface area contributed by atoms with Crippen LogP contribution in [-0.4, -0.2) is 43.5 Å². The van der Waals surface area contributed by atoms with E-state index < -0.39 is 0 Å². The van der Waals surface area contributed by atoms with E-state index in [1.807, 2.05) is 5.38 Å². The van der Waals surface area contributed by atoms with E-state index in [1.54, 1.807) is 17.5 Å². The zero-order valence-electron chi connectivity index (χ0n) is 20.1. The molecule has 0 radical (unpaired) electrons. The lowest BCUT2D eigenvalue weighted by Gasteiger charge is -2.35. The van der Waals surface area contributed by atoms with Crippen LogP contribution >= 0.6 is 11.3 Å². The molecule has 1 atom stereocenters. The number of Topliss-reactive ketones (excluding diaryl/α,β-unsaturated/α-hetero) is 1. The van der Waals surface area contributed by atoms with E-state index in [-0.39, 0.29) is 11.8 Å². The monoisotopic (exact) mass is 491 g/mol. The number of carbonyl (C=O) groups is 1. The first-order valence-corrected chi connectivity index (χ1v) is 14.0. The Morgan fingerprint density at radius 2 is 1.97 bits per heavy atom. The Labute approximate surface area is 210 Å². The number of rotatable bonds is 7. The average Bonchev–Trinajstić information content (AvgIpc) is 3.67. The van der Waals surface area contributed by atoms with Gasteiger partial charge in [-0.25, -0.2) is 9.97 Å². The summed E-state index contributed by atoms with van der Waals surface area (Å²) < 4.78 is 0. The number of aromatic nitrogens is 5. The normalized spacial score (nSPS) is 20.7. The average molecular weight is 492 g/mol. The molecule has 1 unspecified atom stereocenters. The van der Waals surface area contributed by atoms with Crippen molar-refractivity contribution in [1.29, 1.82) is 0 Å². The van der Waals surface area contributed by atoms with Gasteiger partial charge in [0.2, 0.25) is 5.95 Å². The second-order valence-electron chi connectivity index (χ2n) is 10.1. The van der Waals surface area contributed by atoms with Crippen molar-refractivity contribution in [2.75, 3.05) is 16.8 Å². The Bertz CT molecular complexity index is 1170.